The predicted octanol–water partition coefficient (Wildman–Crippen LogP) is 1.17. The lowest BCUT2D eigenvalue weighted by molar-refractivity contribution is -0.138. The molecule has 0 atom stereocenters. The number of aliphatic hydroxyl groups excluding tert-OH is 1. The molecule has 0 aliphatic carbocycles. The predicted molar refractivity (Wildman–Crippen MR) is 89.4 cm³/mol. The van der Waals surface area contributed by atoms with Gasteiger partial charge in [-0.15, -0.1) is 0 Å². The zero-order valence-corrected chi connectivity index (χ0v) is 13.7. The Bertz CT molecular complexity index is 979. The number of rotatable bonds is 4. The van der Waals surface area contributed by atoms with Crippen LogP contribution in [-0.2, 0) is 26.2 Å². The third-order valence-corrected chi connectivity index (χ3v) is 4.73. The van der Waals surface area contributed by atoms with E-state index < -0.39 is 27.6 Å². The first-order chi connectivity index (χ1) is 11.8. The largest absolute Gasteiger partial charge is 0.502 e. The molecule has 8 heteroatoms. The molecule has 0 bridgehead atoms. The van der Waals surface area contributed by atoms with E-state index in [9.17, 15) is 23.1 Å². The minimum Gasteiger partial charge on any atom is -0.502 e. The van der Waals surface area contributed by atoms with Crippen molar-refractivity contribution in [2.45, 2.75) is 11.4 Å². The molecular formula is C17H14N2O5S. The number of primary sulfonamides is 1. The lowest BCUT2D eigenvalue weighted by Crippen LogP contribution is -2.31. The van der Waals surface area contributed by atoms with Crippen molar-refractivity contribution in [2.75, 3.05) is 0 Å². The fourth-order valence-electron chi connectivity index (χ4n) is 2.54. The van der Waals surface area contributed by atoms with Gasteiger partial charge in [-0.2, -0.15) is 0 Å². The van der Waals surface area contributed by atoms with Crippen molar-refractivity contribution in [3.63, 3.8) is 0 Å². The molecule has 0 aromatic heterocycles. The average molecular weight is 358 g/mol. The quantitative estimate of drug-likeness (QED) is 0.796. The second kappa shape index (κ2) is 6.15. The molecule has 2 amide bonds. The summed E-state index contributed by atoms with van der Waals surface area (Å²) in [5, 5.41) is 15.1. The van der Waals surface area contributed by atoms with E-state index in [-0.39, 0.29) is 17.0 Å². The van der Waals surface area contributed by atoms with Crippen LogP contribution in [0.3, 0.4) is 0 Å². The van der Waals surface area contributed by atoms with E-state index in [2.05, 4.69) is 0 Å². The molecule has 1 aliphatic rings. The number of carbonyl (C=O) groups is 2. The number of nitrogens with zero attached hydrogens (tertiary/aromatic N) is 1. The van der Waals surface area contributed by atoms with Crippen LogP contribution < -0.4 is 5.14 Å². The highest BCUT2D eigenvalue weighted by atomic mass is 32.2. The Morgan fingerprint density at radius 2 is 1.52 bits per heavy atom. The summed E-state index contributed by atoms with van der Waals surface area (Å²) in [4.78, 5) is 25.6. The fourth-order valence-corrected chi connectivity index (χ4v) is 3.05. The van der Waals surface area contributed by atoms with Crippen molar-refractivity contribution in [2.24, 2.45) is 5.14 Å². The number of amides is 2. The Hall–Kier alpha value is -2.97. The van der Waals surface area contributed by atoms with Crippen LogP contribution in [0, 0.1) is 0 Å². The lowest BCUT2D eigenvalue weighted by atomic mass is 10.1. The van der Waals surface area contributed by atoms with Crippen LogP contribution in [0.15, 0.2) is 65.3 Å². The van der Waals surface area contributed by atoms with Crippen molar-refractivity contribution in [3.05, 3.63) is 71.5 Å². The molecule has 0 fully saturated rings. The Morgan fingerprint density at radius 3 is 2.08 bits per heavy atom. The first kappa shape index (κ1) is 16.9. The van der Waals surface area contributed by atoms with Gasteiger partial charge in [0.05, 0.1) is 17.0 Å². The third-order valence-electron chi connectivity index (χ3n) is 3.80. The topological polar surface area (TPSA) is 118 Å². The van der Waals surface area contributed by atoms with E-state index in [0.29, 0.717) is 11.1 Å². The van der Waals surface area contributed by atoms with Gasteiger partial charge in [-0.3, -0.25) is 14.5 Å². The minimum absolute atomic E-state index is 0.0493. The molecule has 0 unspecified atom stereocenters. The maximum Gasteiger partial charge on any atom is 0.296 e. The highest BCUT2D eigenvalue weighted by molar-refractivity contribution is 7.89. The molecule has 1 aliphatic heterocycles. The first-order valence-corrected chi connectivity index (χ1v) is 8.80. The van der Waals surface area contributed by atoms with Gasteiger partial charge in [0.2, 0.25) is 10.0 Å². The van der Waals surface area contributed by atoms with Gasteiger partial charge in [-0.05, 0) is 23.3 Å². The SMILES string of the molecule is NS(=O)(=O)c1ccc(CN2C(=O)C(O)=C(c3ccccc3)C2=O)cc1. The van der Waals surface area contributed by atoms with E-state index in [4.69, 9.17) is 5.14 Å². The van der Waals surface area contributed by atoms with Crippen LogP contribution in [0.4, 0.5) is 0 Å². The number of sulfonamides is 1. The summed E-state index contributed by atoms with van der Waals surface area (Å²) in [5.74, 6) is -2.00. The summed E-state index contributed by atoms with van der Waals surface area (Å²) >= 11 is 0. The second-order valence-electron chi connectivity index (χ2n) is 5.48. The van der Waals surface area contributed by atoms with Crippen LogP contribution in [0.5, 0.6) is 0 Å². The number of benzene rings is 2. The Balaban J connectivity index is 1.86. The van der Waals surface area contributed by atoms with E-state index in [1.54, 1.807) is 30.3 Å². The summed E-state index contributed by atoms with van der Waals surface area (Å²) < 4.78 is 22.5. The summed E-state index contributed by atoms with van der Waals surface area (Å²) in [6.07, 6.45) is 0. The van der Waals surface area contributed by atoms with Gasteiger partial charge in [0.15, 0.2) is 5.76 Å². The van der Waals surface area contributed by atoms with Crippen molar-refractivity contribution in [1.29, 1.82) is 0 Å². The average Bonchev–Trinajstić information content (AvgIpc) is 2.79. The standard InChI is InChI=1S/C17H14N2O5S/c18-25(23,24)13-8-6-11(7-9-13)10-19-16(21)14(15(20)17(19)22)12-4-2-1-3-5-12/h1-9,20H,10H2,(H2,18,23,24). The molecule has 0 spiro atoms. The van der Waals surface area contributed by atoms with Crippen molar-refractivity contribution < 1.29 is 23.1 Å². The first-order valence-electron chi connectivity index (χ1n) is 7.25. The highest BCUT2D eigenvalue weighted by Crippen LogP contribution is 2.29. The number of hydrogen-bond donors (Lipinski definition) is 2. The van der Waals surface area contributed by atoms with Gasteiger partial charge < -0.3 is 5.11 Å². The van der Waals surface area contributed by atoms with Crippen molar-refractivity contribution >= 4 is 27.4 Å². The molecule has 3 N–H and O–H groups in total. The second-order valence-corrected chi connectivity index (χ2v) is 7.04. The molecule has 25 heavy (non-hydrogen) atoms. The number of hydrogen-bond acceptors (Lipinski definition) is 5. The van der Waals surface area contributed by atoms with E-state index >= 15 is 0 Å². The Morgan fingerprint density at radius 1 is 0.920 bits per heavy atom. The van der Waals surface area contributed by atoms with Gasteiger partial charge in [-0.25, -0.2) is 13.6 Å². The van der Waals surface area contributed by atoms with Crippen LogP contribution in [0.25, 0.3) is 5.57 Å². The van der Waals surface area contributed by atoms with Crippen LogP contribution in [0.1, 0.15) is 11.1 Å². The van der Waals surface area contributed by atoms with Crippen LogP contribution >= 0.6 is 0 Å². The fraction of sp³-hybridized carbons (Fsp3) is 0.0588. The van der Waals surface area contributed by atoms with Gasteiger partial charge in [0, 0.05) is 0 Å². The molecule has 0 saturated heterocycles. The normalized spacial score (nSPS) is 15.2. The smallest absolute Gasteiger partial charge is 0.296 e. The highest BCUT2D eigenvalue weighted by Gasteiger charge is 2.39. The molecule has 0 radical (unpaired) electrons. The number of nitrogens with two attached hydrogens (primary N) is 1. The summed E-state index contributed by atoms with van der Waals surface area (Å²) in [7, 11) is -3.82. The summed E-state index contributed by atoms with van der Waals surface area (Å²) in [6, 6.07) is 13.9. The lowest BCUT2D eigenvalue weighted by Gasteiger charge is -2.14. The van der Waals surface area contributed by atoms with Gasteiger partial charge in [0.25, 0.3) is 11.8 Å². The molecule has 2 aromatic rings. The van der Waals surface area contributed by atoms with Gasteiger partial charge in [0.1, 0.15) is 0 Å². The minimum atomic E-state index is -3.82. The molecule has 1 heterocycles. The maximum atomic E-state index is 12.5. The van der Waals surface area contributed by atoms with E-state index in [0.717, 1.165) is 4.90 Å². The Kier molecular flexibility index (Phi) is 4.15. The zero-order chi connectivity index (χ0) is 18.2. The molecular weight excluding hydrogens is 344 g/mol. The zero-order valence-electron chi connectivity index (χ0n) is 12.9. The summed E-state index contributed by atoms with van der Waals surface area (Å²) in [6.45, 7) is -0.0943. The third kappa shape index (κ3) is 3.17. The molecule has 128 valence electrons. The van der Waals surface area contributed by atoms with E-state index in [1.807, 2.05) is 0 Å². The van der Waals surface area contributed by atoms with Gasteiger partial charge in [-0.1, -0.05) is 42.5 Å². The number of aliphatic hydroxyl groups is 1. The van der Waals surface area contributed by atoms with E-state index in [1.165, 1.54) is 24.3 Å². The molecule has 7 nitrogen and oxygen atoms in total. The molecule has 3 rings (SSSR count). The maximum absolute atomic E-state index is 12.5. The van der Waals surface area contributed by atoms with Crippen LogP contribution in [-0.4, -0.2) is 30.2 Å². The number of imide groups is 1. The summed E-state index contributed by atoms with van der Waals surface area (Å²) in [5.41, 5.74) is 0.924. The van der Waals surface area contributed by atoms with Crippen molar-refractivity contribution in [1.82, 2.24) is 4.90 Å². The monoisotopic (exact) mass is 358 g/mol. The molecule has 2 aromatic carbocycles. The Labute approximate surface area is 144 Å². The van der Waals surface area contributed by atoms with Crippen molar-refractivity contribution in [3.8, 4) is 0 Å². The van der Waals surface area contributed by atoms with Crippen LogP contribution in [0.2, 0.25) is 0 Å². The number of carbonyl (C=O) groups excluding carboxylic acids is 2. The molecule has 0 saturated carbocycles. The van der Waals surface area contributed by atoms with Gasteiger partial charge >= 0.3 is 0 Å².